The van der Waals surface area contributed by atoms with E-state index >= 15 is 0 Å². The molecule has 0 aliphatic carbocycles. The number of nitrogens with zero attached hydrogens (tertiary/aromatic N) is 2. The van der Waals surface area contributed by atoms with Crippen molar-refractivity contribution in [3.8, 4) is 11.4 Å². The largest absolute Gasteiger partial charge is 0.385 e. The van der Waals surface area contributed by atoms with E-state index in [9.17, 15) is 0 Å². The fourth-order valence-corrected chi connectivity index (χ4v) is 2.79. The summed E-state index contributed by atoms with van der Waals surface area (Å²) in [7, 11) is 1.86. The standard InChI is InChI=1S/C16H17N5/c1-17-14-7-6-13-16(20-14)21-15(19-13)11-4-5-12-10(9-11)3-2-8-18-12/h4-7,9,18H,2-3,8H2,1H3,(H2,17,19,20,21). The maximum Gasteiger partial charge on any atom is 0.180 e. The van der Waals surface area contributed by atoms with E-state index < -0.39 is 0 Å². The molecule has 3 aromatic rings. The summed E-state index contributed by atoms with van der Waals surface area (Å²) < 4.78 is 0. The van der Waals surface area contributed by atoms with Crippen molar-refractivity contribution in [1.82, 2.24) is 15.0 Å². The molecule has 4 rings (SSSR count). The number of benzene rings is 1. The average molecular weight is 279 g/mol. The highest BCUT2D eigenvalue weighted by Crippen LogP contribution is 2.28. The second kappa shape index (κ2) is 4.77. The topological polar surface area (TPSA) is 65.6 Å². The molecule has 1 aliphatic heterocycles. The van der Waals surface area contributed by atoms with Crippen LogP contribution < -0.4 is 10.6 Å². The van der Waals surface area contributed by atoms with Gasteiger partial charge in [-0.1, -0.05) is 0 Å². The van der Waals surface area contributed by atoms with Crippen LogP contribution in [0.4, 0.5) is 11.5 Å². The fraction of sp³-hybridized carbons (Fsp3) is 0.250. The maximum atomic E-state index is 4.61. The van der Waals surface area contributed by atoms with Gasteiger partial charge in [-0.3, -0.25) is 0 Å². The van der Waals surface area contributed by atoms with Crippen molar-refractivity contribution in [1.29, 1.82) is 0 Å². The van der Waals surface area contributed by atoms with Gasteiger partial charge in [0.05, 0.1) is 5.52 Å². The number of anilines is 2. The number of aromatic nitrogens is 3. The molecule has 0 saturated carbocycles. The van der Waals surface area contributed by atoms with Crippen LogP contribution in [0, 0.1) is 0 Å². The Balaban J connectivity index is 1.78. The quantitative estimate of drug-likeness (QED) is 0.674. The van der Waals surface area contributed by atoms with Crippen LogP contribution in [0.2, 0.25) is 0 Å². The van der Waals surface area contributed by atoms with Crippen LogP contribution >= 0.6 is 0 Å². The molecule has 0 fully saturated rings. The van der Waals surface area contributed by atoms with Crippen LogP contribution in [0.15, 0.2) is 30.3 Å². The van der Waals surface area contributed by atoms with Crippen molar-refractivity contribution in [3.63, 3.8) is 0 Å². The number of fused-ring (bicyclic) bond motifs is 2. The summed E-state index contributed by atoms with van der Waals surface area (Å²) in [5.41, 5.74) is 5.42. The molecule has 5 heteroatoms. The molecule has 0 amide bonds. The van der Waals surface area contributed by atoms with Gasteiger partial charge in [0.2, 0.25) is 0 Å². The molecular weight excluding hydrogens is 262 g/mol. The van der Waals surface area contributed by atoms with Crippen LogP contribution in [0.5, 0.6) is 0 Å². The van der Waals surface area contributed by atoms with E-state index in [4.69, 9.17) is 0 Å². The Bertz CT molecular complexity index is 806. The van der Waals surface area contributed by atoms with E-state index in [1.807, 2.05) is 19.2 Å². The smallest absolute Gasteiger partial charge is 0.180 e. The minimum absolute atomic E-state index is 0.743. The number of hydrogen-bond acceptors (Lipinski definition) is 4. The predicted octanol–water partition coefficient (Wildman–Crippen LogP) is 3.02. The first-order valence-electron chi connectivity index (χ1n) is 7.25. The second-order valence-electron chi connectivity index (χ2n) is 5.31. The number of hydrogen-bond donors (Lipinski definition) is 3. The minimum atomic E-state index is 0.743. The first-order chi connectivity index (χ1) is 10.3. The van der Waals surface area contributed by atoms with Gasteiger partial charge < -0.3 is 15.6 Å². The summed E-state index contributed by atoms with van der Waals surface area (Å²) in [6.07, 6.45) is 2.31. The summed E-state index contributed by atoms with van der Waals surface area (Å²) >= 11 is 0. The Morgan fingerprint density at radius 1 is 1.14 bits per heavy atom. The Labute approximate surface area is 122 Å². The highest BCUT2D eigenvalue weighted by molar-refractivity contribution is 5.78. The van der Waals surface area contributed by atoms with Gasteiger partial charge in [0.15, 0.2) is 5.65 Å². The van der Waals surface area contributed by atoms with Gasteiger partial charge in [-0.2, -0.15) is 0 Å². The Morgan fingerprint density at radius 3 is 3.00 bits per heavy atom. The number of pyridine rings is 1. The highest BCUT2D eigenvalue weighted by Gasteiger charge is 2.12. The van der Waals surface area contributed by atoms with Crippen molar-refractivity contribution in [2.45, 2.75) is 12.8 Å². The van der Waals surface area contributed by atoms with Crippen LogP contribution in [0.25, 0.3) is 22.6 Å². The molecule has 5 nitrogen and oxygen atoms in total. The van der Waals surface area contributed by atoms with Crippen molar-refractivity contribution in [3.05, 3.63) is 35.9 Å². The number of H-pyrrole nitrogens is 1. The molecule has 0 unspecified atom stereocenters. The van der Waals surface area contributed by atoms with Gasteiger partial charge in [0.1, 0.15) is 11.6 Å². The van der Waals surface area contributed by atoms with Crippen molar-refractivity contribution >= 4 is 22.7 Å². The van der Waals surface area contributed by atoms with Crippen LogP contribution in [0.3, 0.4) is 0 Å². The van der Waals surface area contributed by atoms with Crippen molar-refractivity contribution < 1.29 is 0 Å². The van der Waals surface area contributed by atoms with E-state index in [1.165, 1.54) is 17.7 Å². The molecule has 0 radical (unpaired) electrons. The Morgan fingerprint density at radius 2 is 2.10 bits per heavy atom. The first kappa shape index (κ1) is 12.2. The third-order valence-electron chi connectivity index (χ3n) is 3.92. The molecule has 3 heterocycles. The molecule has 106 valence electrons. The monoisotopic (exact) mass is 279 g/mol. The number of nitrogens with one attached hydrogen (secondary N) is 3. The van der Waals surface area contributed by atoms with Gasteiger partial charge in [-0.15, -0.1) is 0 Å². The van der Waals surface area contributed by atoms with E-state index in [0.717, 1.165) is 41.3 Å². The zero-order valence-corrected chi connectivity index (χ0v) is 11.9. The molecule has 1 aliphatic rings. The van der Waals surface area contributed by atoms with Gasteiger partial charge in [0.25, 0.3) is 0 Å². The highest BCUT2D eigenvalue weighted by atomic mass is 15.0. The molecule has 21 heavy (non-hydrogen) atoms. The van der Waals surface area contributed by atoms with Crippen LogP contribution in [-0.2, 0) is 6.42 Å². The normalized spacial score (nSPS) is 13.8. The third-order valence-corrected chi connectivity index (χ3v) is 3.92. The summed E-state index contributed by atoms with van der Waals surface area (Å²) in [6, 6.07) is 10.4. The zero-order chi connectivity index (χ0) is 14.2. The fourth-order valence-electron chi connectivity index (χ4n) is 2.79. The van der Waals surface area contributed by atoms with E-state index in [-0.39, 0.29) is 0 Å². The summed E-state index contributed by atoms with van der Waals surface area (Å²) in [5.74, 6) is 1.70. The molecule has 2 aromatic heterocycles. The van der Waals surface area contributed by atoms with Gasteiger partial charge >= 0.3 is 0 Å². The lowest BCUT2D eigenvalue weighted by atomic mass is 10.0. The van der Waals surface area contributed by atoms with Crippen molar-refractivity contribution in [2.24, 2.45) is 0 Å². The second-order valence-corrected chi connectivity index (χ2v) is 5.31. The SMILES string of the molecule is CNc1ccc2[nH]c(-c3ccc4c(c3)CCCN4)nc2n1. The molecule has 0 bridgehead atoms. The maximum absolute atomic E-state index is 4.61. The third kappa shape index (κ3) is 2.11. The van der Waals surface area contributed by atoms with Crippen LogP contribution in [0.1, 0.15) is 12.0 Å². The lowest BCUT2D eigenvalue weighted by molar-refractivity contribution is 0.830. The van der Waals surface area contributed by atoms with E-state index in [0.29, 0.717) is 0 Å². The summed E-state index contributed by atoms with van der Waals surface area (Å²) in [5, 5.41) is 6.47. The van der Waals surface area contributed by atoms with Gasteiger partial charge in [-0.05, 0) is 48.7 Å². The molecule has 0 spiro atoms. The lowest BCUT2D eigenvalue weighted by Crippen LogP contribution is -2.11. The Kier molecular flexibility index (Phi) is 2.77. The average Bonchev–Trinajstić information content (AvgIpc) is 2.97. The lowest BCUT2D eigenvalue weighted by Gasteiger charge is -2.18. The minimum Gasteiger partial charge on any atom is -0.385 e. The van der Waals surface area contributed by atoms with E-state index in [2.05, 4.69) is 43.8 Å². The predicted molar refractivity (Wildman–Crippen MR) is 85.7 cm³/mol. The molecule has 0 saturated heterocycles. The summed E-state index contributed by atoms with van der Waals surface area (Å²) in [6.45, 7) is 1.06. The number of aryl methyl sites for hydroxylation is 1. The van der Waals surface area contributed by atoms with Gasteiger partial charge in [-0.25, -0.2) is 9.97 Å². The number of imidazole rings is 1. The summed E-state index contributed by atoms with van der Waals surface area (Å²) in [4.78, 5) is 12.4. The molecule has 1 aromatic carbocycles. The number of rotatable bonds is 2. The Hall–Kier alpha value is -2.56. The molecule has 3 N–H and O–H groups in total. The zero-order valence-electron chi connectivity index (χ0n) is 11.9. The number of aromatic amines is 1. The van der Waals surface area contributed by atoms with Gasteiger partial charge in [0, 0.05) is 24.8 Å². The van der Waals surface area contributed by atoms with Crippen molar-refractivity contribution in [2.75, 3.05) is 24.2 Å². The molecular formula is C16H17N5. The van der Waals surface area contributed by atoms with E-state index in [1.54, 1.807) is 0 Å². The van der Waals surface area contributed by atoms with Crippen LogP contribution in [-0.4, -0.2) is 28.5 Å². The molecule has 0 atom stereocenters. The first-order valence-corrected chi connectivity index (χ1v) is 7.25.